The molecule has 1 nitrogen and oxygen atoms in total. The van der Waals surface area contributed by atoms with Crippen LogP contribution in [0.1, 0.15) is 12.5 Å². The Balaban J connectivity index is 2.76. The SMILES string of the molecule is CC#CNc1cccc(C)c1. The Morgan fingerprint density at radius 2 is 2.18 bits per heavy atom. The van der Waals surface area contributed by atoms with Crippen LogP contribution in [0.5, 0.6) is 0 Å². The van der Waals surface area contributed by atoms with E-state index in [4.69, 9.17) is 0 Å². The predicted molar refractivity (Wildman–Crippen MR) is 48.3 cm³/mol. The molecule has 1 aromatic carbocycles. The number of anilines is 1. The minimum Gasteiger partial charge on any atom is -0.315 e. The molecule has 1 rings (SSSR count). The molecule has 0 unspecified atom stereocenters. The Bertz CT molecular complexity index is 291. The van der Waals surface area contributed by atoms with Crippen molar-refractivity contribution in [1.29, 1.82) is 0 Å². The quantitative estimate of drug-likeness (QED) is 0.472. The Morgan fingerprint density at radius 1 is 1.36 bits per heavy atom. The molecule has 0 aliphatic heterocycles. The molecule has 0 spiro atoms. The van der Waals surface area contributed by atoms with Crippen LogP contribution in [0, 0.1) is 18.9 Å². The number of hydrogen-bond donors (Lipinski definition) is 1. The molecule has 1 aromatic rings. The van der Waals surface area contributed by atoms with Crippen LogP contribution in [0.2, 0.25) is 0 Å². The molecule has 0 radical (unpaired) electrons. The van der Waals surface area contributed by atoms with E-state index in [1.807, 2.05) is 19.1 Å². The van der Waals surface area contributed by atoms with Gasteiger partial charge in [-0.25, -0.2) is 0 Å². The van der Waals surface area contributed by atoms with E-state index in [0.717, 1.165) is 5.69 Å². The van der Waals surface area contributed by atoms with Crippen LogP contribution in [-0.4, -0.2) is 0 Å². The summed E-state index contributed by atoms with van der Waals surface area (Å²) in [5, 5.41) is 2.97. The second-order valence-corrected chi connectivity index (χ2v) is 2.37. The fraction of sp³-hybridized carbons (Fsp3) is 0.200. The molecule has 1 heteroatoms. The van der Waals surface area contributed by atoms with Crippen LogP contribution in [0.15, 0.2) is 24.3 Å². The van der Waals surface area contributed by atoms with Gasteiger partial charge in [-0.1, -0.05) is 18.1 Å². The summed E-state index contributed by atoms with van der Waals surface area (Å²) in [6.07, 6.45) is 0. The van der Waals surface area contributed by atoms with Gasteiger partial charge < -0.3 is 5.32 Å². The van der Waals surface area contributed by atoms with Gasteiger partial charge in [0.1, 0.15) is 0 Å². The van der Waals surface area contributed by atoms with Gasteiger partial charge in [0.2, 0.25) is 0 Å². The second kappa shape index (κ2) is 3.68. The third-order valence-corrected chi connectivity index (χ3v) is 1.35. The highest BCUT2D eigenvalue weighted by Crippen LogP contribution is 2.07. The van der Waals surface area contributed by atoms with E-state index in [0.29, 0.717) is 0 Å². The van der Waals surface area contributed by atoms with Gasteiger partial charge in [0, 0.05) is 11.7 Å². The summed E-state index contributed by atoms with van der Waals surface area (Å²) in [6, 6.07) is 10.9. The molecule has 1 N–H and O–H groups in total. The minimum absolute atomic E-state index is 1.05. The van der Waals surface area contributed by atoms with Crippen molar-refractivity contribution in [3.8, 4) is 12.0 Å². The topological polar surface area (TPSA) is 12.0 Å². The summed E-state index contributed by atoms with van der Waals surface area (Å²) in [6.45, 7) is 3.87. The van der Waals surface area contributed by atoms with Crippen molar-refractivity contribution in [1.82, 2.24) is 0 Å². The van der Waals surface area contributed by atoms with Gasteiger partial charge in [0.15, 0.2) is 0 Å². The van der Waals surface area contributed by atoms with Crippen molar-refractivity contribution in [3.63, 3.8) is 0 Å². The number of aryl methyl sites for hydroxylation is 1. The van der Waals surface area contributed by atoms with E-state index in [1.165, 1.54) is 5.56 Å². The molecule has 0 saturated carbocycles. The molecule has 0 aliphatic carbocycles. The lowest BCUT2D eigenvalue weighted by Crippen LogP contribution is -1.86. The van der Waals surface area contributed by atoms with Gasteiger partial charge in [-0.3, -0.25) is 0 Å². The molecule has 0 saturated heterocycles. The van der Waals surface area contributed by atoms with Crippen molar-refractivity contribution in [3.05, 3.63) is 29.8 Å². The van der Waals surface area contributed by atoms with Gasteiger partial charge >= 0.3 is 0 Å². The van der Waals surface area contributed by atoms with E-state index < -0.39 is 0 Å². The highest BCUT2D eigenvalue weighted by Gasteiger charge is 1.86. The highest BCUT2D eigenvalue weighted by molar-refractivity contribution is 5.49. The molecule has 0 atom stereocenters. The Kier molecular flexibility index (Phi) is 2.57. The molecule has 11 heavy (non-hydrogen) atoms. The second-order valence-electron chi connectivity index (χ2n) is 2.37. The average Bonchev–Trinajstić information content (AvgIpc) is 2.01. The van der Waals surface area contributed by atoms with Crippen LogP contribution in [0.25, 0.3) is 0 Å². The van der Waals surface area contributed by atoms with Gasteiger partial charge in [0.05, 0.1) is 0 Å². The summed E-state index contributed by atoms with van der Waals surface area (Å²) >= 11 is 0. The summed E-state index contributed by atoms with van der Waals surface area (Å²) in [5.41, 5.74) is 2.30. The lowest BCUT2D eigenvalue weighted by molar-refractivity contribution is 1.46. The highest BCUT2D eigenvalue weighted by atomic mass is 14.8. The fourth-order valence-corrected chi connectivity index (χ4v) is 0.857. The molecule has 0 bridgehead atoms. The third-order valence-electron chi connectivity index (χ3n) is 1.35. The average molecular weight is 145 g/mol. The number of nitrogens with one attached hydrogen (secondary N) is 1. The zero-order valence-corrected chi connectivity index (χ0v) is 6.81. The van der Waals surface area contributed by atoms with Crippen molar-refractivity contribution < 1.29 is 0 Å². The van der Waals surface area contributed by atoms with E-state index in [-0.39, 0.29) is 0 Å². The van der Waals surface area contributed by atoms with Crippen LogP contribution < -0.4 is 5.32 Å². The Morgan fingerprint density at radius 3 is 2.82 bits per heavy atom. The van der Waals surface area contributed by atoms with E-state index in [9.17, 15) is 0 Å². The van der Waals surface area contributed by atoms with E-state index in [1.54, 1.807) is 0 Å². The Hall–Kier alpha value is -1.42. The first kappa shape index (κ1) is 7.68. The lowest BCUT2D eigenvalue weighted by Gasteiger charge is -1.97. The molecule has 56 valence electrons. The zero-order valence-electron chi connectivity index (χ0n) is 6.81. The smallest absolute Gasteiger partial charge is 0.0461 e. The van der Waals surface area contributed by atoms with Gasteiger partial charge in [-0.2, -0.15) is 0 Å². The van der Waals surface area contributed by atoms with Crippen LogP contribution in [-0.2, 0) is 0 Å². The van der Waals surface area contributed by atoms with Crippen molar-refractivity contribution in [2.45, 2.75) is 13.8 Å². The molecule has 0 amide bonds. The zero-order chi connectivity index (χ0) is 8.10. The summed E-state index contributed by atoms with van der Waals surface area (Å²) in [4.78, 5) is 0. The fourth-order valence-electron chi connectivity index (χ4n) is 0.857. The molecule has 0 aliphatic rings. The predicted octanol–water partition coefficient (Wildman–Crippen LogP) is 2.39. The minimum atomic E-state index is 1.05. The third kappa shape index (κ3) is 2.35. The van der Waals surface area contributed by atoms with Gasteiger partial charge in [0.25, 0.3) is 0 Å². The maximum Gasteiger partial charge on any atom is 0.0461 e. The largest absolute Gasteiger partial charge is 0.315 e. The first-order valence-corrected chi connectivity index (χ1v) is 3.57. The van der Waals surface area contributed by atoms with Crippen LogP contribution >= 0.6 is 0 Å². The van der Waals surface area contributed by atoms with E-state index in [2.05, 4.69) is 36.3 Å². The van der Waals surface area contributed by atoms with Gasteiger partial charge in [-0.15, -0.1) is 0 Å². The van der Waals surface area contributed by atoms with Crippen molar-refractivity contribution in [2.75, 3.05) is 5.32 Å². The molecular weight excluding hydrogens is 134 g/mol. The monoisotopic (exact) mass is 145 g/mol. The maximum absolute atomic E-state index is 2.97. The first-order chi connectivity index (χ1) is 5.33. The van der Waals surface area contributed by atoms with Crippen LogP contribution in [0.3, 0.4) is 0 Å². The van der Waals surface area contributed by atoms with Crippen LogP contribution in [0.4, 0.5) is 5.69 Å². The molecule has 0 heterocycles. The standard InChI is InChI=1S/C10H11N/c1-3-7-11-10-6-4-5-9(2)8-10/h4-6,8,11H,1-2H3. The number of hydrogen-bond acceptors (Lipinski definition) is 1. The number of benzene rings is 1. The van der Waals surface area contributed by atoms with E-state index >= 15 is 0 Å². The molecular formula is C10H11N. The first-order valence-electron chi connectivity index (χ1n) is 3.57. The molecule has 0 fully saturated rings. The number of rotatable bonds is 1. The molecule has 0 aromatic heterocycles. The van der Waals surface area contributed by atoms with Crippen molar-refractivity contribution in [2.24, 2.45) is 0 Å². The summed E-state index contributed by atoms with van der Waals surface area (Å²) in [5.74, 6) is 2.77. The normalized spacial score (nSPS) is 8.18. The lowest BCUT2D eigenvalue weighted by atomic mass is 10.2. The Labute approximate surface area is 67.4 Å². The maximum atomic E-state index is 2.97. The summed E-state index contributed by atoms with van der Waals surface area (Å²) < 4.78 is 0. The summed E-state index contributed by atoms with van der Waals surface area (Å²) in [7, 11) is 0. The van der Waals surface area contributed by atoms with Gasteiger partial charge in [-0.05, 0) is 31.5 Å². The van der Waals surface area contributed by atoms with Crippen molar-refractivity contribution >= 4 is 5.69 Å².